The van der Waals surface area contributed by atoms with E-state index in [1.54, 1.807) is 26.0 Å². The van der Waals surface area contributed by atoms with Crippen LogP contribution in [0.4, 0.5) is 14.5 Å². The number of hydrogen-bond donors (Lipinski definition) is 1. The molecule has 1 saturated heterocycles. The van der Waals surface area contributed by atoms with E-state index in [0.717, 1.165) is 0 Å². The van der Waals surface area contributed by atoms with E-state index in [0.29, 0.717) is 0 Å². The summed E-state index contributed by atoms with van der Waals surface area (Å²) in [5, 5.41) is 2.81. The van der Waals surface area contributed by atoms with Crippen LogP contribution in [-0.2, 0) is 9.59 Å². The summed E-state index contributed by atoms with van der Waals surface area (Å²) < 4.78 is 29.1. The zero-order valence-corrected chi connectivity index (χ0v) is 11.7. The summed E-state index contributed by atoms with van der Waals surface area (Å²) in [6.07, 6.45) is 0.0000260. The number of halogens is 2. The maximum absolute atomic E-state index is 12.3. The number of likely N-dealkylation sites (tertiary alicyclic amines) is 1. The SMILES string of the molecule is CC(C)N1C(=O)CC(Nc2ccccc2OC(F)F)C1=O. The minimum absolute atomic E-state index is 0.0000260. The van der Waals surface area contributed by atoms with E-state index in [1.807, 2.05) is 0 Å². The average molecular weight is 298 g/mol. The lowest BCUT2D eigenvalue weighted by Gasteiger charge is -2.20. The van der Waals surface area contributed by atoms with Crippen LogP contribution in [0, 0.1) is 0 Å². The van der Waals surface area contributed by atoms with Crippen LogP contribution in [0.3, 0.4) is 0 Å². The van der Waals surface area contributed by atoms with Crippen LogP contribution < -0.4 is 10.1 Å². The van der Waals surface area contributed by atoms with E-state index in [2.05, 4.69) is 10.1 Å². The Hall–Kier alpha value is -2.18. The number of nitrogens with zero attached hydrogens (tertiary/aromatic N) is 1. The molecule has 1 aliphatic rings. The fraction of sp³-hybridized carbons (Fsp3) is 0.429. The summed E-state index contributed by atoms with van der Waals surface area (Å²) in [6.45, 7) is 0.527. The fourth-order valence-corrected chi connectivity index (χ4v) is 2.28. The van der Waals surface area contributed by atoms with E-state index in [4.69, 9.17) is 0 Å². The minimum atomic E-state index is -2.96. The van der Waals surface area contributed by atoms with Crippen molar-refractivity contribution in [3.05, 3.63) is 24.3 Å². The first-order valence-corrected chi connectivity index (χ1v) is 6.56. The molecule has 0 bridgehead atoms. The van der Waals surface area contributed by atoms with Crippen molar-refractivity contribution in [3.8, 4) is 5.75 Å². The predicted molar refractivity (Wildman–Crippen MR) is 72.1 cm³/mol. The van der Waals surface area contributed by atoms with Gasteiger partial charge in [0.1, 0.15) is 11.8 Å². The van der Waals surface area contributed by atoms with Crippen LogP contribution in [-0.4, -0.2) is 35.4 Å². The highest BCUT2D eigenvalue weighted by atomic mass is 19.3. The van der Waals surface area contributed by atoms with Crippen molar-refractivity contribution in [2.45, 2.75) is 39.0 Å². The second-order valence-corrected chi connectivity index (χ2v) is 4.97. The Morgan fingerprint density at radius 1 is 1.29 bits per heavy atom. The minimum Gasteiger partial charge on any atom is -0.433 e. The van der Waals surface area contributed by atoms with Gasteiger partial charge in [-0.15, -0.1) is 0 Å². The van der Waals surface area contributed by atoms with Gasteiger partial charge >= 0.3 is 6.61 Å². The van der Waals surface area contributed by atoms with Crippen molar-refractivity contribution in [3.63, 3.8) is 0 Å². The number of carbonyl (C=O) groups is 2. The number of ether oxygens (including phenoxy) is 1. The third-order valence-electron chi connectivity index (χ3n) is 3.13. The molecule has 2 rings (SSSR count). The smallest absolute Gasteiger partial charge is 0.387 e. The van der Waals surface area contributed by atoms with Gasteiger partial charge in [-0.25, -0.2) is 0 Å². The van der Waals surface area contributed by atoms with Crippen molar-refractivity contribution in [1.29, 1.82) is 0 Å². The molecule has 0 radical (unpaired) electrons. The molecule has 0 saturated carbocycles. The molecule has 5 nitrogen and oxygen atoms in total. The van der Waals surface area contributed by atoms with Crippen LogP contribution in [0.2, 0.25) is 0 Å². The molecule has 1 unspecified atom stereocenters. The second kappa shape index (κ2) is 6.07. The molecule has 1 fully saturated rings. The Morgan fingerprint density at radius 3 is 2.52 bits per heavy atom. The molecule has 0 aliphatic carbocycles. The number of rotatable bonds is 5. The van der Waals surface area contributed by atoms with Crippen LogP contribution in [0.5, 0.6) is 5.75 Å². The van der Waals surface area contributed by atoms with Gasteiger partial charge in [0.05, 0.1) is 12.1 Å². The number of anilines is 1. The molecular weight excluding hydrogens is 282 g/mol. The molecule has 0 spiro atoms. The molecule has 1 aliphatic heterocycles. The normalized spacial score (nSPS) is 18.8. The number of imide groups is 1. The summed E-state index contributed by atoms with van der Waals surface area (Å²) in [6, 6.07) is 5.07. The monoisotopic (exact) mass is 298 g/mol. The highest BCUT2D eigenvalue weighted by Gasteiger charge is 2.40. The highest BCUT2D eigenvalue weighted by Crippen LogP contribution is 2.28. The number of benzene rings is 1. The molecule has 1 N–H and O–H groups in total. The Balaban J connectivity index is 2.16. The molecule has 21 heavy (non-hydrogen) atoms. The zero-order chi connectivity index (χ0) is 15.6. The highest BCUT2D eigenvalue weighted by molar-refractivity contribution is 6.07. The average Bonchev–Trinajstić information content (AvgIpc) is 2.66. The lowest BCUT2D eigenvalue weighted by molar-refractivity contribution is -0.140. The largest absolute Gasteiger partial charge is 0.433 e. The van der Waals surface area contributed by atoms with Gasteiger partial charge in [0, 0.05) is 6.04 Å². The maximum atomic E-state index is 12.3. The molecule has 0 aromatic heterocycles. The topological polar surface area (TPSA) is 58.6 Å². The molecular formula is C14H16F2N2O3. The number of hydrogen-bond acceptors (Lipinski definition) is 4. The van der Waals surface area contributed by atoms with E-state index >= 15 is 0 Å². The quantitative estimate of drug-likeness (QED) is 0.847. The van der Waals surface area contributed by atoms with Gasteiger partial charge in [-0.3, -0.25) is 14.5 Å². The Kier molecular flexibility index (Phi) is 4.40. The van der Waals surface area contributed by atoms with Gasteiger partial charge in [-0.05, 0) is 26.0 Å². The van der Waals surface area contributed by atoms with Gasteiger partial charge < -0.3 is 10.1 Å². The van der Waals surface area contributed by atoms with Crippen molar-refractivity contribution in [1.82, 2.24) is 4.90 Å². The Bertz CT molecular complexity index is 549. The van der Waals surface area contributed by atoms with Crippen molar-refractivity contribution < 1.29 is 23.1 Å². The second-order valence-electron chi connectivity index (χ2n) is 4.97. The van der Waals surface area contributed by atoms with E-state index < -0.39 is 12.7 Å². The van der Waals surface area contributed by atoms with Crippen molar-refractivity contribution in [2.75, 3.05) is 5.32 Å². The molecule has 1 atom stereocenters. The van der Waals surface area contributed by atoms with Crippen molar-refractivity contribution in [2.24, 2.45) is 0 Å². The molecule has 114 valence electrons. The van der Waals surface area contributed by atoms with Gasteiger partial charge in [-0.1, -0.05) is 12.1 Å². The number of nitrogens with one attached hydrogen (secondary N) is 1. The molecule has 1 aromatic carbocycles. The first-order chi connectivity index (χ1) is 9.90. The van der Waals surface area contributed by atoms with E-state index in [9.17, 15) is 18.4 Å². The molecule has 1 heterocycles. The predicted octanol–water partition coefficient (Wildman–Crippen LogP) is 2.24. The summed E-state index contributed by atoms with van der Waals surface area (Å²) >= 11 is 0. The van der Waals surface area contributed by atoms with Gasteiger partial charge in [0.2, 0.25) is 5.91 Å². The molecule has 7 heteroatoms. The number of amides is 2. The first-order valence-electron chi connectivity index (χ1n) is 6.56. The maximum Gasteiger partial charge on any atom is 0.387 e. The van der Waals surface area contributed by atoms with Gasteiger partial charge in [-0.2, -0.15) is 8.78 Å². The lowest BCUT2D eigenvalue weighted by atomic mass is 10.2. The van der Waals surface area contributed by atoms with Crippen LogP contribution in [0.15, 0.2) is 24.3 Å². The number of para-hydroxylation sites is 2. The third-order valence-corrected chi connectivity index (χ3v) is 3.13. The van der Waals surface area contributed by atoms with Crippen LogP contribution in [0.1, 0.15) is 20.3 Å². The Morgan fingerprint density at radius 2 is 1.95 bits per heavy atom. The zero-order valence-electron chi connectivity index (χ0n) is 11.7. The van der Waals surface area contributed by atoms with Gasteiger partial charge in [0.15, 0.2) is 0 Å². The van der Waals surface area contributed by atoms with Crippen molar-refractivity contribution >= 4 is 17.5 Å². The van der Waals surface area contributed by atoms with Crippen LogP contribution >= 0.6 is 0 Å². The summed E-state index contributed by atoms with van der Waals surface area (Å²) in [5.74, 6) is -0.697. The first kappa shape index (κ1) is 15.2. The van der Waals surface area contributed by atoms with E-state index in [1.165, 1.54) is 17.0 Å². The lowest BCUT2D eigenvalue weighted by Crippen LogP contribution is -2.39. The standard InChI is InChI=1S/C14H16F2N2O3/c1-8(2)18-12(19)7-10(13(18)20)17-9-5-3-4-6-11(9)21-14(15)16/h3-6,8,10,14,17H,7H2,1-2H3. The number of carbonyl (C=O) groups excluding carboxylic acids is 2. The summed E-state index contributed by atoms with van der Waals surface area (Å²) in [4.78, 5) is 25.1. The summed E-state index contributed by atoms with van der Waals surface area (Å²) in [7, 11) is 0. The molecule has 2 amide bonds. The summed E-state index contributed by atoms with van der Waals surface area (Å²) in [5.41, 5.74) is 0.259. The van der Waals surface area contributed by atoms with E-state index in [-0.39, 0.29) is 35.7 Å². The fourth-order valence-electron chi connectivity index (χ4n) is 2.28. The number of alkyl halides is 2. The third kappa shape index (κ3) is 3.29. The van der Waals surface area contributed by atoms with Gasteiger partial charge in [0.25, 0.3) is 5.91 Å². The molecule has 1 aromatic rings. The Labute approximate surface area is 120 Å². The van der Waals surface area contributed by atoms with Crippen LogP contribution in [0.25, 0.3) is 0 Å².